The molecule has 0 aliphatic carbocycles. The minimum atomic E-state index is 1.24. The summed E-state index contributed by atoms with van der Waals surface area (Å²) in [5.41, 5.74) is 5.08. The largest absolute Gasteiger partial charge is 0.0683 e. The van der Waals surface area contributed by atoms with E-state index in [2.05, 4.69) is 74.5 Å². The Morgan fingerprint density at radius 3 is 1.11 bits per heavy atom. The fourth-order valence-corrected chi connectivity index (χ4v) is 1.55. The van der Waals surface area contributed by atoms with Gasteiger partial charge in [-0.25, -0.2) is 0 Å². The predicted molar refractivity (Wildman–Crippen MR) is 82.6 cm³/mol. The molecule has 94 valence electrons. The first-order chi connectivity index (χ1) is 8.74. The van der Waals surface area contributed by atoms with Crippen LogP contribution in [0.1, 0.15) is 36.1 Å². The zero-order valence-electron chi connectivity index (χ0n) is 11.8. The highest BCUT2D eigenvalue weighted by atomic mass is 13.9. The van der Waals surface area contributed by atoms with E-state index < -0.39 is 0 Å². The molecule has 0 aromatic heterocycles. The second kappa shape index (κ2) is 7.50. The number of hydrogen-bond acceptors (Lipinski definition) is 0. The van der Waals surface area contributed by atoms with Gasteiger partial charge in [0.05, 0.1) is 0 Å². The van der Waals surface area contributed by atoms with E-state index in [9.17, 15) is 0 Å². The van der Waals surface area contributed by atoms with E-state index in [0.29, 0.717) is 0 Å². The molecule has 0 bridgehead atoms. The first kappa shape index (κ1) is 14.2. The summed E-state index contributed by atoms with van der Waals surface area (Å²) in [6.45, 7) is 8.21. The van der Waals surface area contributed by atoms with Crippen LogP contribution in [0.15, 0.2) is 48.5 Å². The van der Waals surface area contributed by atoms with Gasteiger partial charge < -0.3 is 0 Å². The van der Waals surface area contributed by atoms with Gasteiger partial charge in [0.15, 0.2) is 0 Å². The van der Waals surface area contributed by atoms with Crippen molar-refractivity contribution in [1.82, 2.24) is 0 Å². The van der Waals surface area contributed by atoms with Crippen molar-refractivity contribution in [2.75, 3.05) is 0 Å². The van der Waals surface area contributed by atoms with Crippen molar-refractivity contribution in [3.63, 3.8) is 0 Å². The van der Waals surface area contributed by atoms with E-state index in [4.69, 9.17) is 0 Å². The molecule has 2 aromatic rings. The molecule has 2 aromatic carbocycles. The first-order valence-electron chi connectivity index (χ1n) is 6.55. The molecule has 0 aliphatic rings. The lowest BCUT2D eigenvalue weighted by molar-refractivity contribution is 1.46. The topological polar surface area (TPSA) is 0 Å². The second-order valence-corrected chi connectivity index (χ2v) is 4.15. The van der Waals surface area contributed by atoms with Crippen molar-refractivity contribution in [3.05, 3.63) is 70.8 Å². The number of benzene rings is 2. The monoisotopic (exact) mass is 238 g/mol. The Kier molecular flexibility index (Phi) is 5.93. The van der Waals surface area contributed by atoms with Crippen LogP contribution in [0.2, 0.25) is 0 Å². The number of aryl methyl sites for hydroxylation is 2. The van der Waals surface area contributed by atoms with Gasteiger partial charge in [-0.15, -0.1) is 0 Å². The van der Waals surface area contributed by atoms with Gasteiger partial charge in [0.25, 0.3) is 0 Å². The lowest BCUT2D eigenvalue weighted by atomic mass is 10.1. The normalized spacial score (nSPS) is 10.0. The maximum atomic E-state index is 2.14. The van der Waals surface area contributed by atoms with Crippen LogP contribution in [0.4, 0.5) is 0 Å². The summed E-state index contributed by atoms with van der Waals surface area (Å²) in [5, 5.41) is 0. The van der Waals surface area contributed by atoms with Crippen molar-refractivity contribution in [3.8, 4) is 0 Å². The summed E-state index contributed by atoms with van der Waals surface area (Å²) in [6, 6.07) is 17.1. The summed E-state index contributed by atoms with van der Waals surface area (Å²) >= 11 is 0. The van der Waals surface area contributed by atoms with Gasteiger partial charge in [-0.3, -0.25) is 0 Å². The van der Waals surface area contributed by atoms with E-state index in [1.54, 1.807) is 0 Å². The third-order valence-corrected chi connectivity index (χ3v) is 2.62. The molecule has 0 aliphatic heterocycles. The summed E-state index contributed by atoms with van der Waals surface area (Å²) in [4.78, 5) is 0. The summed E-state index contributed by atoms with van der Waals surface area (Å²) in [5.74, 6) is 0. The molecule has 0 heterocycles. The molecule has 0 saturated heterocycles. The van der Waals surface area contributed by atoms with Crippen LogP contribution in [-0.2, 0) is 0 Å². The summed E-state index contributed by atoms with van der Waals surface area (Å²) in [7, 11) is 0. The minimum absolute atomic E-state index is 1.24. The van der Waals surface area contributed by atoms with Crippen molar-refractivity contribution < 1.29 is 0 Å². The van der Waals surface area contributed by atoms with Crippen molar-refractivity contribution in [2.24, 2.45) is 0 Å². The molecule has 0 unspecified atom stereocenters. The quantitative estimate of drug-likeness (QED) is 0.606. The Morgan fingerprint density at radius 1 is 0.556 bits per heavy atom. The molecule has 0 radical (unpaired) electrons. The molecule has 0 spiro atoms. The predicted octanol–water partition coefficient (Wildman–Crippen LogP) is 5.50. The Hall–Kier alpha value is -1.82. The lowest BCUT2D eigenvalue weighted by Gasteiger charge is -1.96. The average molecular weight is 238 g/mol. The first-order valence-corrected chi connectivity index (χ1v) is 6.55. The highest BCUT2D eigenvalue weighted by Crippen LogP contribution is 2.10. The zero-order valence-corrected chi connectivity index (χ0v) is 11.8. The Balaban J connectivity index is 0.000000771. The molecule has 0 N–H and O–H groups in total. The molecule has 0 atom stereocenters. The summed E-state index contributed by atoms with van der Waals surface area (Å²) in [6.07, 6.45) is 4.29. The van der Waals surface area contributed by atoms with E-state index in [1.807, 2.05) is 13.8 Å². The van der Waals surface area contributed by atoms with E-state index in [1.165, 1.54) is 22.3 Å². The van der Waals surface area contributed by atoms with Crippen molar-refractivity contribution in [2.45, 2.75) is 27.7 Å². The third-order valence-electron chi connectivity index (χ3n) is 2.62. The maximum Gasteiger partial charge on any atom is -0.0256 e. The van der Waals surface area contributed by atoms with Crippen LogP contribution < -0.4 is 0 Å². The van der Waals surface area contributed by atoms with E-state index >= 15 is 0 Å². The minimum Gasteiger partial charge on any atom is -0.0683 e. The Bertz CT molecular complexity index is 425. The van der Waals surface area contributed by atoms with Gasteiger partial charge in [0.1, 0.15) is 0 Å². The van der Waals surface area contributed by atoms with Crippen LogP contribution in [0.3, 0.4) is 0 Å². The molecule has 0 fully saturated rings. The van der Waals surface area contributed by atoms with E-state index in [-0.39, 0.29) is 0 Å². The molecular weight excluding hydrogens is 216 g/mol. The van der Waals surface area contributed by atoms with Gasteiger partial charge in [0, 0.05) is 0 Å². The Morgan fingerprint density at radius 2 is 0.833 bits per heavy atom. The van der Waals surface area contributed by atoms with Crippen LogP contribution in [-0.4, -0.2) is 0 Å². The van der Waals surface area contributed by atoms with Crippen LogP contribution in [0.25, 0.3) is 12.2 Å². The van der Waals surface area contributed by atoms with Gasteiger partial charge in [-0.05, 0) is 25.0 Å². The number of rotatable bonds is 2. The fraction of sp³-hybridized carbons (Fsp3) is 0.222. The van der Waals surface area contributed by atoms with Gasteiger partial charge in [0.2, 0.25) is 0 Å². The molecule has 18 heavy (non-hydrogen) atoms. The molecule has 0 amide bonds. The van der Waals surface area contributed by atoms with Crippen LogP contribution in [0.5, 0.6) is 0 Å². The highest BCUT2D eigenvalue weighted by molar-refractivity contribution is 5.69. The van der Waals surface area contributed by atoms with Crippen molar-refractivity contribution in [1.29, 1.82) is 0 Å². The smallest absolute Gasteiger partial charge is 0.0256 e. The molecular formula is C18H22. The molecule has 0 saturated carbocycles. The Labute approximate surface area is 111 Å². The molecule has 0 nitrogen and oxygen atoms in total. The standard InChI is InChI=1S/C16H16.C2H6/c1-13-3-7-15(8-4-13)11-12-16-9-5-14(2)6-10-16;1-2/h3-12H,1-2H3;1-2H3. The summed E-state index contributed by atoms with van der Waals surface area (Å²) < 4.78 is 0. The maximum absolute atomic E-state index is 2.14. The van der Waals surface area contributed by atoms with Crippen LogP contribution in [0, 0.1) is 13.8 Å². The fourth-order valence-electron chi connectivity index (χ4n) is 1.55. The van der Waals surface area contributed by atoms with Crippen molar-refractivity contribution >= 4 is 12.2 Å². The second-order valence-electron chi connectivity index (χ2n) is 4.15. The average Bonchev–Trinajstić information content (AvgIpc) is 2.42. The lowest BCUT2D eigenvalue weighted by Crippen LogP contribution is -1.75. The van der Waals surface area contributed by atoms with Gasteiger partial charge in [-0.1, -0.05) is 85.7 Å². The van der Waals surface area contributed by atoms with E-state index in [0.717, 1.165) is 0 Å². The van der Waals surface area contributed by atoms with Crippen LogP contribution >= 0.6 is 0 Å². The zero-order chi connectivity index (χ0) is 13.4. The molecule has 2 rings (SSSR count). The van der Waals surface area contributed by atoms with Gasteiger partial charge >= 0.3 is 0 Å². The highest BCUT2D eigenvalue weighted by Gasteiger charge is 1.88. The van der Waals surface area contributed by atoms with Gasteiger partial charge in [-0.2, -0.15) is 0 Å². The SMILES string of the molecule is CC.Cc1ccc(C=Cc2ccc(C)cc2)cc1. The number of hydrogen-bond donors (Lipinski definition) is 0. The molecule has 0 heteroatoms. The third kappa shape index (κ3) is 4.58.